The molecule has 4 nitrogen and oxygen atoms in total. The summed E-state index contributed by atoms with van der Waals surface area (Å²) in [5.74, 6) is -0.775. The van der Waals surface area contributed by atoms with Gasteiger partial charge in [0.15, 0.2) is 0 Å². The highest BCUT2D eigenvalue weighted by atomic mass is 16.6. The first-order valence-electron chi connectivity index (χ1n) is 3.55. The summed E-state index contributed by atoms with van der Waals surface area (Å²) in [5, 5.41) is 7.57. The van der Waals surface area contributed by atoms with Gasteiger partial charge in [-0.15, -0.1) is 0 Å². The Morgan fingerprint density at radius 2 is 1.73 bits per heavy atom. The molecule has 0 unspecified atom stereocenters. The lowest BCUT2D eigenvalue weighted by Crippen LogP contribution is -2.17. The second-order valence-corrected chi connectivity index (χ2v) is 2.02. The summed E-state index contributed by atoms with van der Waals surface area (Å²) in [4.78, 5) is 20.5. The molecule has 0 aromatic carbocycles. The minimum Gasteiger partial charge on any atom is -0.397 e. The summed E-state index contributed by atoms with van der Waals surface area (Å²) in [6.07, 6.45) is 1.44. The van der Waals surface area contributed by atoms with Crippen LogP contribution in [0.25, 0.3) is 0 Å². The molecule has 1 saturated heterocycles. The van der Waals surface area contributed by atoms with E-state index in [-0.39, 0.29) is 18.5 Å². The fraction of sp³-hybridized carbons (Fsp3) is 0.714. The van der Waals surface area contributed by atoms with Gasteiger partial charge in [-0.2, -0.15) is 0 Å². The summed E-state index contributed by atoms with van der Waals surface area (Å²) in [7, 11) is 0. The molecule has 11 heavy (non-hydrogen) atoms. The van der Waals surface area contributed by atoms with Crippen molar-refractivity contribution in [2.45, 2.75) is 26.2 Å². The lowest BCUT2D eigenvalue weighted by Gasteiger charge is -2.06. The van der Waals surface area contributed by atoms with Gasteiger partial charge >= 0.3 is 11.9 Å². The first-order chi connectivity index (χ1) is 5.20. The number of aliphatic hydroxyl groups is 1. The van der Waals surface area contributed by atoms with Crippen LogP contribution in [-0.4, -0.2) is 23.7 Å². The number of hydrogen-bond acceptors (Lipinski definition) is 4. The van der Waals surface area contributed by atoms with Crippen molar-refractivity contribution < 1.29 is 19.4 Å². The minimum absolute atomic E-state index is 0.250. The van der Waals surface area contributed by atoms with Crippen LogP contribution in [0.1, 0.15) is 26.2 Å². The van der Waals surface area contributed by atoms with E-state index >= 15 is 0 Å². The molecule has 0 amide bonds. The standard InChI is InChI=1S/C5H6O3.C2H6O/c6-4-2-1-3-5(7)8-4;1-2-3/h1-3H2;3H,2H2,1H3. The van der Waals surface area contributed by atoms with Crippen LogP contribution in [0.5, 0.6) is 0 Å². The molecule has 0 aromatic heterocycles. The van der Waals surface area contributed by atoms with E-state index < -0.39 is 0 Å². The Bertz CT molecular complexity index is 127. The Hall–Kier alpha value is -0.900. The summed E-state index contributed by atoms with van der Waals surface area (Å²) in [5.41, 5.74) is 0. The monoisotopic (exact) mass is 160 g/mol. The normalized spacial score (nSPS) is 16.5. The zero-order valence-electron chi connectivity index (χ0n) is 6.50. The second kappa shape index (κ2) is 5.85. The number of carbonyl (C=O) groups excluding carboxylic acids is 2. The van der Waals surface area contributed by atoms with Crippen molar-refractivity contribution in [3.63, 3.8) is 0 Å². The lowest BCUT2D eigenvalue weighted by molar-refractivity contribution is -0.163. The lowest BCUT2D eigenvalue weighted by atomic mass is 10.2. The molecule has 1 N–H and O–H groups in total. The van der Waals surface area contributed by atoms with Gasteiger partial charge in [0.05, 0.1) is 0 Å². The summed E-state index contributed by atoms with van der Waals surface area (Å²) in [6, 6.07) is 0. The molecule has 0 saturated carbocycles. The molecule has 0 spiro atoms. The molecule has 0 bridgehead atoms. The van der Waals surface area contributed by atoms with Crippen LogP contribution in [0.3, 0.4) is 0 Å². The van der Waals surface area contributed by atoms with Crippen LogP contribution in [0, 0.1) is 0 Å². The van der Waals surface area contributed by atoms with Crippen LogP contribution in [0.15, 0.2) is 0 Å². The number of cyclic esters (lactones) is 2. The van der Waals surface area contributed by atoms with Crippen molar-refractivity contribution in [2.24, 2.45) is 0 Å². The van der Waals surface area contributed by atoms with E-state index in [1.165, 1.54) is 0 Å². The fourth-order valence-corrected chi connectivity index (χ4v) is 0.606. The number of carbonyl (C=O) groups is 2. The second-order valence-electron chi connectivity index (χ2n) is 2.02. The molecule has 0 atom stereocenters. The average molecular weight is 160 g/mol. The van der Waals surface area contributed by atoms with Gasteiger partial charge in [0.1, 0.15) is 0 Å². The highest BCUT2D eigenvalue weighted by Gasteiger charge is 2.15. The predicted octanol–water partition coefficient (Wildman–Crippen LogP) is 0.239. The van der Waals surface area contributed by atoms with Crippen molar-refractivity contribution in [3.8, 4) is 0 Å². The molecule has 1 aliphatic heterocycles. The molecule has 0 radical (unpaired) electrons. The van der Waals surface area contributed by atoms with Crippen LogP contribution in [0.2, 0.25) is 0 Å². The van der Waals surface area contributed by atoms with E-state index in [0.29, 0.717) is 19.3 Å². The smallest absolute Gasteiger partial charge is 0.313 e. The van der Waals surface area contributed by atoms with Gasteiger partial charge in [-0.25, -0.2) is 0 Å². The number of aliphatic hydroxyl groups excluding tert-OH is 1. The Morgan fingerprint density at radius 1 is 1.36 bits per heavy atom. The number of hydrogen-bond donors (Lipinski definition) is 1. The quantitative estimate of drug-likeness (QED) is 0.407. The maximum absolute atomic E-state index is 10.2. The van der Waals surface area contributed by atoms with E-state index in [0.717, 1.165) is 0 Å². The topological polar surface area (TPSA) is 63.6 Å². The molecule has 1 heterocycles. The van der Waals surface area contributed by atoms with Crippen molar-refractivity contribution >= 4 is 11.9 Å². The van der Waals surface area contributed by atoms with Crippen LogP contribution >= 0.6 is 0 Å². The summed E-state index contributed by atoms with van der Waals surface area (Å²) >= 11 is 0. The maximum Gasteiger partial charge on any atom is 0.313 e. The van der Waals surface area contributed by atoms with E-state index in [9.17, 15) is 9.59 Å². The molecular weight excluding hydrogens is 148 g/mol. The highest BCUT2D eigenvalue weighted by molar-refractivity contribution is 5.87. The van der Waals surface area contributed by atoms with Crippen molar-refractivity contribution in [2.75, 3.05) is 6.61 Å². The Balaban J connectivity index is 0.000000292. The molecule has 4 heteroatoms. The Morgan fingerprint density at radius 3 is 1.91 bits per heavy atom. The third kappa shape index (κ3) is 5.54. The largest absolute Gasteiger partial charge is 0.397 e. The molecule has 1 fully saturated rings. The fourth-order valence-electron chi connectivity index (χ4n) is 0.606. The van der Waals surface area contributed by atoms with Gasteiger partial charge in [0.25, 0.3) is 0 Å². The van der Waals surface area contributed by atoms with Crippen LogP contribution in [0.4, 0.5) is 0 Å². The van der Waals surface area contributed by atoms with Crippen molar-refractivity contribution in [3.05, 3.63) is 0 Å². The van der Waals surface area contributed by atoms with Gasteiger partial charge in [0.2, 0.25) is 0 Å². The molecule has 1 aliphatic rings. The third-order valence-electron chi connectivity index (χ3n) is 0.989. The molecule has 0 aliphatic carbocycles. The molecule has 64 valence electrons. The van der Waals surface area contributed by atoms with Gasteiger partial charge in [0, 0.05) is 19.4 Å². The minimum atomic E-state index is -0.388. The van der Waals surface area contributed by atoms with Crippen LogP contribution in [-0.2, 0) is 14.3 Å². The zero-order chi connectivity index (χ0) is 8.69. The average Bonchev–Trinajstić information content (AvgIpc) is 1.88. The molecule has 0 aromatic rings. The SMILES string of the molecule is CCO.O=C1CCCC(=O)O1. The maximum atomic E-state index is 10.2. The Kier molecular flexibility index (Phi) is 5.37. The van der Waals surface area contributed by atoms with E-state index in [1.807, 2.05) is 0 Å². The van der Waals surface area contributed by atoms with Gasteiger partial charge in [-0.05, 0) is 13.3 Å². The third-order valence-corrected chi connectivity index (χ3v) is 0.989. The number of ether oxygens (including phenoxy) is 1. The zero-order valence-corrected chi connectivity index (χ0v) is 6.50. The van der Waals surface area contributed by atoms with Crippen molar-refractivity contribution in [1.82, 2.24) is 0 Å². The van der Waals surface area contributed by atoms with Crippen molar-refractivity contribution in [1.29, 1.82) is 0 Å². The van der Waals surface area contributed by atoms with Crippen LogP contribution < -0.4 is 0 Å². The number of rotatable bonds is 0. The summed E-state index contributed by atoms with van der Waals surface area (Å²) < 4.78 is 4.21. The number of esters is 2. The van der Waals surface area contributed by atoms with E-state index in [2.05, 4.69) is 4.74 Å². The van der Waals surface area contributed by atoms with Gasteiger partial charge in [-0.3, -0.25) is 9.59 Å². The predicted molar refractivity (Wildman–Crippen MR) is 37.7 cm³/mol. The molecular formula is C7H12O4. The first-order valence-corrected chi connectivity index (χ1v) is 3.55. The Labute approximate surface area is 65.2 Å². The van der Waals surface area contributed by atoms with E-state index in [1.54, 1.807) is 6.92 Å². The summed E-state index contributed by atoms with van der Waals surface area (Å²) in [6.45, 7) is 1.93. The van der Waals surface area contributed by atoms with Gasteiger partial charge in [-0.1, -0.05) is 0 Å². The molecule has 1 rings (SSSR count). The first kappa shape index (κ1) is 10.1. The van der Waals surface area contributed by atoms with E-state index in [4.69, 9.17) is 5.11 Å². The highest BCUT2D eigenvalue weighted by Crippen LogP contribution is 2.06. The van der Waals surface area contributed by atoms with Gasteiger partial charge < -0.3 is 9.84 Å².